The molecule has 0 fully saturated rings. The van der Waals surface area contributed by atoms with Gasteiger partial charge in [0.15, 0.2) is 5.78 Å². The topological polar surface area (TPSA) is 89.0 Å². The van der Waals surface area contributed by atoms with E-state index in [2.05, 4.69) is 10.5 Å². The van der Waals surface area contributed by atoms with Crippen LogP contribution in [0.3, 0.4) is 0 Å². The maximum atomic E-state index is 11.5. The van der Waals surface area contributed by atoms with Gasteiger partial charge in [-0.2, -0.15) is 15.6 Å². The van der Waals surface area contributed by atoms with Crippen molar-refractivity contribution in [1.82, 2.24) is 0 Å². The number of rotatable bonds is 3. The molecular weight excluding hydrogens is 252 g/mol. The minimum atomic E-state index is -0.250. The van der Waals surface area contributed by atoms with Crippen molar-refractivity contribution in [3.05, 3.63) is 29.3 Å². The minimum Gasteiger partial charge on any atom is -0.295 e. The number of hydrazone groups is 1. The lowest BCUT2D eigenvalue weighted by molar-refractivity contribution is 0.101. The molecule has 0 unspecified atom stereocenters. The summed E-state index contributed by atoms with van der Waals surface area (Å²) in [6, 6.07) is 8.59. The zero-order chi connectivity index (χ0) is 15.3. The van der Waals surface area contributed by atoms with Crippen molar-refractivity contribution in [1.29, 1.82) is 10.5 Å². The fraction of sp³-hybridized carbons (Fsp3) is 0.333. The van der Waals surface area contributed by atoms with Crippen molar-refractivity contribution in [2.75, 3.05) is 5.43 Å². The largest absolute Gasteiger partial charge is 0.295 e. The summed E-state index contributed by atoms with van der Waals surface area (Å²) in [5.41, 5.74) is 4.44. The molecule has 0 heterocycles. The lowest BCUT2D eigenvalue weighted by Crippen LogP contribution is -2.15. The Labute approximate surface area is 118 Å². The van der Waals surface area contributed by atoms with Crippen LogP contribution in [-0.4, -0.2) is 11.5 Å². The normalized spacial score (nSPS) is 10.1. The Hall–Kier alpha value is -2.66. The van der Waals surface area contributed by atoms with E-state index < -0.39 is 0 Å². The number of benzene rings is 1. The van der Waals surface area contributed by atoms with Gasteiger partial charge in [0.2, 0.25) is 5.71 Å². The lowest BCUT2D eigenvalue weighted by atomic mass is 9.84. The van der Waals surface area contributed by atoms with Gasteiger partial charge in [-0.25, -0.2) is 0 Å². The second kappa shape index (κ2) is 5.99. The third-order valence-corrected chi connectivity index (χ3v) is 2.73. The summed E-state index contributed by atoms with van der Waals surface area (Å²) in [6.45, 7) is 7.54. The molecule has 1 rings (SSSR count). The number of nitrogens with zero attached hydrogens (tertiary/aromatic N) is 3. The molecule has 0 saturated carbocycles. The van der Waals surface area contributed by atoms with Gasteiger partial charge in [-0.3, -0.25) is 10.2 Å². The SMILES string of the molecule is CC(=O)c1ccc(NN=C(C#N)C#N)c(C(C)(C)C)c1. The molecule has 0 aliphatic rings. The number of Topliss-reactive ketones (excluding diaryl/α,β-unsaturated/α-hetero) is 1. The van der Waals surface area contributed by atoms with Gasteiger partial charge in [0, 0.05) is 5.56 Å². The second-order valence-electron chi connectivity index (χ2n) is 5.36. The fourth-order valence-corrected chi connectivity index (χ4v) is 1.67. The predicted molar refractivity (Wildman–Crippen MR) is 77.4 cm³/mol. The van der Waals surface area contributed by atoms with Gasteiger partial charge in [-0.1, -0.05) is 20.8 Å². The second-order valence-corrected chi connectivity index (χ2v) is 5.36. The van der Waals surface area contributed by atoms with Crippen LogP contribution in [0.25, 0.3) is 0 Å². The molecule has 5 nitrogen and oxygen atoms in total. The Kier molecular flexibility index (Phi) is 4.61. The first-order valence-corrected chi connectivity index (χ1v) is 6.09. The van der Waals surface area contributed by atoms with Gasteiger partial charge in [0.1, 0.15) is 12.1 Å². The monoisotopic (exact) mass is 268 g/mol. The molecule has 0 aliphatic carbocycles. The van der Waals surface area contributed by atoms with Crippen molar-refractivity contribution < 1.29 is 4.79 Å². The Balaban J connectivity index is 3.28. The summed E-state index contributed by atoms with van der Waals surface area (Å²) < 4.78 is 0. The first kappa shape index (κ1) is 15.4. The molecule has 0 saturated heterocycles. The zero-order valence-electron chi connectivity index (χ0n) is 12.0. The van der Waals surface area contributed by atoms with Crippen molar-refractivity contribution in [3.63, 3.8) is 0 Å². The van der Waals surface area contributed by atoms with E-state index in [1.807, 2.05) is 20.8 Å². The van der Waals surface area contributed by atoms with Crippen LogP contribution in [-0.2, 0) is 5.41 Å². The van der Waals surface area contributed by atoms with E-state index in [9.17, 15) is 4.79 Å². The Morgan fingerprint density at radius 1 is 1.25 bits per heavy atom. The van der Waals surface area contributed by atoms with E-state index in [0.29, 0.717) is 11.3 Å². The molecule has 1 aromatic rings. The maximum absolute atomic E-state index is 11.5. The first-order chi connectivity index (χ1) is 9.29. The summed E-state index contributed by atoms with van der Waals surface area (Å²) in [7, 11) is 0. The van der Waals surface area contributed by atoms with Gasteiger partial charge in [-0.05, 0) is 36.1 Å². The summed E-state index contributed by atoms with van der Waals surface area (Å²) in [5.74, 6) is -0.0136. The molecule has 0 aromatic heterocycles. The van der Waals surface area contributed by atoms with Crippen LogP contribution in [0.15, 0.2) is 23.3 Å². The molecule has 0 amide bonds. The van der Waals surface area contributed by atoms with E-state index in [-0.39, 0.29) is 16.9 Å². The van der Waals surface area contributed by atoms with Crippen molar-refractivity contribution in [2.45, 2.75) is 33.1 Å². The van der Waals surface area contributed by atoms with Crippen LogP contribution in [0.2, 0.25) is 0 Å². The molecule has 0 bridgehead atoms. The van der Waals surface area contributed by atoms with Crippen LogP contribution >= 0.6 is 0 Å². The highest BCUT2D eigenvalue weighted by molar-refractivity contribution is 6.10. The minimum absolute atomic E-state index is 0.0136. The van der Waals surface area contributed by atoms with E-state index in [4.69, 9.17) is 10.5 Å². The summed E-state index contributed by atoms with van der Waals surface area (Å²) in [6.07, 6.45) is 0. The van der Waals surface area contributed by atoms with E-state index in [0.717, 1.165) is 5.56 Å². The maximum Gasteiger partial charge on any atom is 0.237 e. The predicted octanol–water partition coefficient (Wildman–Crippen LogP) is 3.00. The van der Waals surface area contributed by atoms with E-state index >= 15 is 0 Å². The Bertz CT molecular complexity index is 623. The average molecular weight is 268 g/mol. The van der Waals surface area contributed by atoms with Crippen LogP contribution in [0.5, 0.6) is 0 Å². The van der Waals surface area contributed by atoms with Crippen LogP contribution in [0.4, 0.5) is 5.69 Å². The number of anilines is 1. The van der Waals surface area contributed by atoms with E-state index in [1.165, 1.54) is 6.92 Å². The van der Waals surface area contributed by atoms with Crippen molar-refractivity contribution >= 4 is 17.2 Å². The Morgan fingerprint density at radius 2 is 1.85 bits per heavy atom. The first-order valence-electron chi connectivity index (χ1n) is 6.09. The van der Waals surface area contributed by atoms with Crippen molar-refractivity contribution in [3.8, 4) is 12.1 Å². The number of nitriles is 2. The third kappa shape index (κ3) is 3.66. The number of hydrogen-bond donors (Lipinski definition) is 1. The number of carbonyl (C=O) groups excluding carboxylic acids is 1. The smallest absolute Gasteiger partial charge is 0.237 e. The quantitative estimate of drug-likeness (QED) is 0.518. The third-order valence-electron chi connectivity index (χ3n) is 2.73. The zero-order valence-corrected chi connectivity index (χ0v) is 12.0. The number of hydrogen-bond acceptors (Lipinski definition) is 5. The number of carbonyl (C=O) groups is 1. The van der Waals surface area contributed by atoms with Gasteiger partial charge < -0.3 is 0 Å². The highest BCUT2D eigenvalue weighted by Gasteiger charge is 2.19. The Morgan fingerprint density at radius 3 is 2.30 bits per heavy atom. The lowest BCUT2D eigenvalue weighted by Gasteiger charge is -2.23. The molecule has 0 spiro atoms. The number of nitrogens with one attached hydrogen (secondary N) is 1. The standard InChI is InChI=1S/C15H16N4O/c1-10(20)11-5-6-14(13(7-11)15(2,3)4)19-18-12(8-16)9-17/h5-7,19H,1-4H3. The molecule has 1 N–H and O–H groups in total. The highest BCUT2D eigenvalue weighted by atomic mass is 16.1. The van der Waals surface area contributed by atoms with Crippen LogP contribution in [0.1, 0.15) is 43.6 Å². The van der Waals surface area contributed by atoms with Gasteiger partial charge >= 0.3 is 0 Å². The van der Waals surface area contributed by atoms with Crippen LogP contribution in [0, 0.1) is 22.7 Å². The van der Waals surface area contributed by atoms with E-state index in [1.54, 1.807) is 30.3 Å². The molecule has 5 heteroatoms. The van der Waals surface area contributed by atoms with Gasteiger partial charge in [0.05, 0.1) is 5.69 Å². The summed E-state index contributed by atoms with van der Waals surface area (Å²) >= 11 is 0. The molecule has 1 aromatic carbocycles. The van der Waals surface area contributed by atoms with Gasteiger partial charge in [0.25, 0.3) is 0 Å². The molecule has 0 atom stereocenters. The highest BCUT2D eigenvalue weighted by Crippen LogP contribution is 2.30. The van der Waals surface area contributed by atoms with Gasteiger partial charge in [-0.15, -0.1) is 0 Å². The molecular formula is C15H16N4O. The molecule has 0 aliphatic heterocycles. The number of ketones is 1. The molecule has 20 heavy (non-hydrogen) atoms. The fourth-order valence-electron chi connectivity index (χ4n) is 1.67. The molecule has 0 radical (unpaired) electrons. The van der Waals surface area contributed by atoms with Crippen molar-refractivity contribution in [2.24, 2.45) is 5.10 Å². The average Bonchev–Trinajstić information content (AvgIpc) is 2.38. The molecule has 102 valence electrons. The summed E-state index contributed by atoms with van der Waals surface area (Å²) in [4.78, 5) is 11.5. The van der Waals surface area contributed by atoms with Crippen LogP contribution < -0.4 is 5.43 Å². The summed E-state index contributed by atoms with van der Waals surface area (Å²) in [5, 5.41) is 21.1.